The highest BCUT2D eigenvalue weighted by atomic mass is 16.5. The van der Waals surface area contributed by atoms with Crippen LogP contribution in [0.15, 0.2) is 23.3 Å². The first-order valence-electron chi connectivity index (χ1n) is 7.06. The molecular formula is C15H18N4O2. The molecule has 2 aromatic rings. The van der Waals surface area contributed by atoms with Gasteiger partial charge in [0.1, 0.15) is 0 Å². The third-order valence-corrected chi connectivity index (χ3v) is 3.71. The Kier molecular flexibility index (Phi) is 3.37. The number of aromatic nitrogens is 2. The molecule has 0 aliphatic carbocycles. The predicted octanol–water partition coefficient (Wildman–Crippen LogP) is 1.77. The van der Waals surface area contributed by atoms with Gasteiger partial charge in [0.2, 0.25) is 11.8 Å². The normalized spacial score (nSPS) is 18.5. The Labute approximate surface area is 122 Å². The highest BCUT2D eigenvalue weighted by Gasteiger charge is 2.23. The molecular weight excluding hydrogens is 268 g/mol. The van der Waals surface area contributed by atoms with Gasteiger partial charge >= 0.3 is 0 Å². The lowest BCUT2D eigenvalue weighted by molar-refractivity contribution is -0.121. The minimum atomic E-state index is -0.0445. The Morgan fingerprint density at radius 3 is 2.90 bits per heavy atom. The molecule has 0 radical (unpaired) electrons. The molecule has 2 aromatic heterocycles. The first-order valence-corrected chi connectivity index (χ1v) is 7.06. The summed E-state index contributed by atoms with van der Waals surface area (Å²) in [6, 6.07) is 5.98. The molecule has 1 unspecified atom stereocenters. The number of pyridine rings is 1. The number of nitrogens with one attached hydrogen (secondary N) is 1. The zero-order chi connectivity index (χ0) is 15.0. The van der Waals surface area contributed by atoms with E-state index in [0.29, 0.717) is 12.3 Å². The Morgan fingerprint density at radius 1 is 1.43 bits per heavy atom. The molecule has 1 atom stereocenters. The molecule has 21 heavy (non-hydrogen) atoms. The topological polar surface area (TPSA) is 68.0 Å². The van der Waals surface area contributed by atoms with E-state index < -0.39 is 0 Å². The van der Waals surface area contributed by atoms with Gasteiger partial charge in [0, 0.05) is 24.0 Å². The summed E-state index contributed by atoms with van der Waals surface area (Å²) >= 11 is 0. The molecule has 0 aromatic carbocycles. The van der Waals surface area contributed by atoms with Crippen LogP contribution in [-0.4, -0.2) is 28.3 Å². The molecule has 1 amide bonds. The van der Waals surface area contributed by atoms with Gasteiger partial charge < -0.3 is 4.74 Å². The van der Waals surface area contributed by atoms with Crippen LogP contribution in [0.1, 0.15) is 31.5 Å². The zero-order valence-corrected chi connectivity index (χ0v) is 12.4. The van der Waals surface area contributed by atoms with Gasteiger partial charge in [0.15, 0.2) is 0 Å². The summed E-state index contributed by atoms with van der Waals surface area (Å²) in [6.45, 7) is 4.07. The molecule has 110 valence electrons. The molecule has 1 N–H and O–H groups in total. The van der Waals surface area contributed by atoms with Gasteiger partial charge in [-0.05, 0) is 18.6 Å². The van der Waals surface area contributed by atoms with Crippen LogP contribution in [0, 0.1) is 5.92 Å². The summed E-state index contributed by atoms with van der Waals surface area (Å²) in [5, 5.41) is 8.70. The molecule has 6 nitrogen and oxygen atoms in total. The predicted molar refractivity (Wildman–Crippen MR) is 79.6 cm³/mol. The van der Waals surface area contributed by atoms with Gasteiger partial charge in [-0.15, -0.1) is 0 Å². The number of carbonyl (C=O) groups excluding carboxylic acids is 1. The van der Waals surface area contributed by atoms with Crippen LogP contribution in [0.2, 0.25) is 0 Å². The van der Waals surface area contributed by atoms with E-state index in [1.807, 2.05) is 25.1 Å². The lowest BCUT2D eigenvalue weighted by Gasteiger charge is -2.19. The van der Waals surface area contributed by atoms with Crippen molar-refractivity contribution in [3.05, 3.63) is 29.5 Å². The molecule has 1 aliphatic heterocycles. The maximum absolute atomic E-state index is 11.4. The number of ether oxygens (including phenoxy) is 1. The number of nitrogens with zero attached hydrogens (tertiary/aromatic N) is 3. The van der Waals surface area contributed by atoms with Gasteiger partial charge in [-0.3, -0.25) is 4.79 Å². The van der Waals surface area contributed by atoms with Crippen molar-refractivity contribution in [2.45, 2.75) is 26.7 Å². The van der Waals surface area contributed by atoms with Gasteiger partial charge in [0.25, 0.3) is 0 Å². The first kappa shape index (κ1) is 13.6. The molecule has 3 heterocycles. The minimum Gasteiger partial charge on any atom is -0.481 e. The van der Waals surface area contributed by atoms with Crippen LogP contribution in [0.5, 0.6) is 5.88 Å². The van der Waals surface area contributed by atoms with Crippen LogP contribution in [0.3, 0.4) is 0 Å². The monoisotopic (exact) mass is 286 g/mol. The van der Waals surface area contributed by atoms with Crippen molar-refractivity contribution in [2.24, 2.45) is 11.0 Å². The largest absolute Gasteiger partial charge is 0.481 e. The van der Waals surface area contributed by atoms with Crippen molar-refractivity contribution in [3.63, 3.8) is 0 Å². The number of carbonyl (C=O) groups is 1. The molecule has 0 saturated heterocycles. The first-order chi connectivity index (χ1) is 10.1. The van der Waals surface area contributed by atoms with Crippen molar-refractivity contribution < 1.29 is 9.53 Å². The summed E-state index contributed by atoms with van der Waals surface area (Å²) in [5.74, 6) is 0.699. The number of aryl methyl sites for hydroxylation is 1. The maximum Gasteiger partial charge on any atom is 0.240 e. The number of rotatable bonds is 3. The SMILES string of the molecule is CCc1cc2cc(C3=NNC(=O)CC3C)cc(OC)n2n1. The van der Waals surface area contributed by atoms with E-state index in [9.17, 15) is 4.79 Å². The highest BCUT2D eigenvalue weighted by molar-refractivity contribution is 6.06. The van der Waals surface area contributed by atoms with Crippen LogP contribution in [0.4, 0.5) is 0 Å². The lowest BCUT2D eigenvalue weighted by atomic mass is 9.94. The van der Waals surface area contributed by atoms with Crippen LogP contribution >= 0.6 is 0 Å². The van der Waals surface area contributed by atoms with Crippen molar-refractivity contribution in [2.75, 3.05) is 7.11 Å². The third kappa shape index (κ3) is 2.37. The van der Waals surface area contributed by atoms with E-state index in [1.54, 1.807) is 11.6 Å². The summed E-state index contributed by atoms with van der Waals surface area (Å²) in [6.07, 6.45) is 1.32. The van der Waals surface area contributed by atoms with Crippen LogP contribution in [-0.2, 0) is 11.2 Å². The Hall–Kier alpha value is -2.37. The van der Waals surface area contributed by atoms with E-state index in [1.165, 1.54) is 0 Å². The maximum atomic E-state index is 11.4. The molecule has 1 aliphatic rings. The smallest absolute Gasteiger partial charge is 0.240 e. The van der Waals surface area contributed by atoms with E-state index >= 15 is 0 Å². The molecule has 3 rings (SSSR count). The number of fused-ring (bicyclic) bond motifs is 1. The second-order valence-corrected chi connectivity index (χ2v) is 5.25. The number of amides is 1. The van der Waals surface area contributed by atoms with Crippen molar-refractivity contribution in [1.82, 2.24) is 15.0 Å². The fourth-order valence-electron chi connectivity index (χ4n) is 2.59. The van der Waals surface area contributed by atoms with E-state index in [2.05, 4.69) is 22.5 Å². The van der Waals surface area contributed by atoms with E-state index in [-0.39, 0.29) is 11.8 Å². The number of methoxy groups -OCH3 is 1. The summed E-state index contributed by atoms with van der Waals surface area (Å²) in [4.78, 5) is 11.4. The molecule has 0 fully saturated rings. The van der Waals surface area contributed by atoms with Gasteiger partial charge in [-0.1, -0.05) is 13.8 Å². The molecule has 6 heteroatoms. The second kappa shape index (κ2) is 5.20. The Balaban J connectivity index is 2.13. The summed E-state index contributed by atoms with van der Waals surface area (Å²) in [7, 11) is 1.62. The Morgan fingerprint density at radius 2 is 2.24 bits per heavy atom. The fraction of sp³-hybridized carbons (Fsp3) is 0.400. The molecule has 0 spiro atoms. The number of hydrogen-bond donors (Lipinski definition) is 1. The summed E-state index contributed by atoms with van der Waals surface area (Å²) in [5.41, 5.74) is 6.35. The summed E-state index contributed by atoms with van der Waals surface area (Å²) < 4.78 is 7.22. The molecule has 0 saturated carbocycles. The van der Waals surface area contributed by atoms with E-state index in [0.717, 1.165) is 28.9 Å². The van der Waals surface area contributed by atoms with Crippen LogP contribution < -0.4 is 10.2 Å². The van der Waals surface area contributed by atoms with Gasteiger partial charge in [-0.2, -0.15) is 10.2 Å². The standard InChI is InChI=1S/C15H18N4O2/c1-4-11-8-12-6-10(7-14(21-3)19(12)18-11)15-9(2)5-13(20)16-17-15/h6-9H,4-5H2,1-3H3,(H,16,20). The fourth-order valence-corrected chi connectivity index (χ4v) is 2.59. The van der Waals surface area contributed by atoms with Gasteiger partial charge in [0.05, 0.1) is 24.0 Å². The number of hydrogen-bond acceptors (Lipinski definition) is 4. The van der Waals surface area contributed by atoms with Crippen LogP contribution in [0.25, 0.3) is 5.52 Å². The second-order valence-electron chi connectivity index (χ2n) is 5.25. The quantitative estimate of drug-likeness (QED) is 0.935. The average molecular weight is 286 g/mol. The van der Waals surface area contributed by atoms with Crippen molar-refractivity contribution in [3.8, 4) is 5.88 Å². The number of hydrazone groups is 1. The minimum absolute atomic E-state index is 0.0445. The average Bonchev–Trinajstić information content (AvgIpc) is 2.89. The highest BCUT2D eigenvalue weighted by Crippen LogP contribution is 2.23. The third-order valence-electron chi connectivity index (χ3n) is 3.71. The van der Waals surface area contributed by atoms with Gasteiger partial charge in [-0.25, -0.2) is 9.94 Å². The Bertz CT molecular complexity index is 733. The van der Waals surface area contributed by atoms with Crippen molar-refractivity contribution >= 4 is 17.1 Å². The lowest BCUT2D eigenvalue weighted by Crippen LogP contribution is -2.32. The van der Waals surface area contributed by atoms with Crippen molar-refractivity contribution in [1.29, 1.82) is 0 Å². The van der Waals surface area contributed by atoms with E-state index in [4.69, 9.17) is 4.74 Å². The zero-order valence-electron chi connectivity index (χ0n) is 12.4. The molecule has 0 bridgehead atoms.